The van der Waals surface area contributed by atoms with Crippen molar-refractivity contribution in [2.75, 3.05) is 0 Å². The van der Waals surface area contributed by atoms with Crippen molar-refractivity contribution in [3.63, 3.8) is 0 Å². The Labute approximate surface area is 140 Å². The molecule has 0 aliphatic carbocycles. The van der Waals surface area contributed by atoms with E-state index in [9.17, 15) is 0 Å². The van der Waals surface area contributed by atoms with Gasteiger partial charge in [-0.05, 0) is 0 Å². The van der Waals surface area contributed by atoms with Gasteiger partial charge in [-0.25, -0.2) is 0 Å². The predicted molar refractivity (Wildman–Crippen MR) is 89.2 cm³/mol. The third-order valence-corrected chi connectivity index (χ3v) is 2.71. The third kappa shape index (κ3) is 45.2. The molecule has 0 fully saturated rings. The zero-order valence-electron chi connectivity index (χ0n) is 13.2. The maximum absolute atomic E-state index is 4.89. The summed E-state index contributed by atoms with van der Waals surface area (Å²) in [5, 5.41) is 0. The Morgan fingerprint density at radius 2 is 0.895 bits per heavy atom. The van der Waals surface area contributed by atoms with Gasteiger partial charge in [-0.1, -0.05) is 78.1 Å². The Hall–Kier alpha value is 1.29. The average molecular weight is 345 g/mol. The van der Waals surface area contributed by atoms with Gasteiger partial charge in [-0.15, -0.1) is 0 Å². The molecule has 0 spiro atoms. The van der Waals surface area contributed by atoms with Gasteiger partial charge in [0.1, 0.15) is 0 Å². The monoisotopic (exact) mass is 344 g/mol. The normalized spacial score (nSPS) is 8.95. The number of unbranched alkanes of at least 4 members (excludes halogenated alkanes) is 10. The molecule has 0 unspecified atom stereocenters. The first-order valence-electron chi connectivity index (χ1n) is 7.79. The van der Waals surface area contributed by atoms with Crippen molar-refractivity contribution < 1.29 is 17.0 Å². The summed E-state index contributed by atoms with van der Waals surface area (Å²) in [5.41, 5.74) is 0. The summed E-state index contributed by atoms with van der Waals surface area (Å²) >= 11 is -0.556. The second-order valence-corrected chi connectivity index (χ2v) is 7.19. The van der Waals surface area contributed by atoms with E-state index in [0.717, 1.165) is 12.8 Å². The summed E-state index contributed by atoms with van der Waals surface area (Å²) in [5.74, 6) is 0. The van der Waals surface area contributed by atoms with Gasteiger partial charge in [0, 0.05) is 0 Å². The zero-order valence-corrected chi connectivity index (χ0v) is 16.2. The van der Waals surface area contributed by atoms with Gasteiger partial charge in [0.15, 0.2) is 0 Å². The van der Waals surface area contributed by atoms with Crippen molar-refractivity contribution in [3.8, 4) is 0 Å². The second kappa shape index (κ2) is 31.6. The van der Waals surface area contributed by atoms with Crippen LogP contribution in [-0.2, 0) is 17.0 Å². The van der Waals surface area contributed by atoms with Crippen molar-refractivity contribution in [2.45, 2.75) is 90.9 Å². The van der Waals surface area contributed by atoms with Gasteiger partial charge >= 0.3 is 35.6 Å². The molecule has 3 heteroatoms. The summed E-state index contributed by atoms with van der Waals surface area (Å²) < 4.78 is 0. The molecule has 0 aliphatic heterocycles. The molecule has 0 saturated heterocycles. The average Bonchev–Trinajstić information content (AvgIpc) is 2.42. The van der Waals surface area contributed by atoms with Crippen LogP contribution in [0, 0.1) is 13.8 Å². The standard InChI is InChI=1S/2C8H17.2ClH.Ti/c2*1-3-5-7-8-6-4-2;;;/h2*1,3-8H2,2H3;2*1H;/q2*-1;;;+2/p-2. The summed E-state index contributed by atoms with van der Waals surface area (Å²) in [6.07, 6.45) is 16.0. The van der Waals surface area contributed by atoms with Crippen LogP contribution in [0.5, 0.6) is 0 Å². The van der Waals surface area contributed by atoms with E-state index in [1.807, 2.05) is 0 Å². The first-order valence-corrected chi connectivity index (χ1v) is 12.1. The molecule has 0 rings (SSSR count). The molecule has 0 aliphatic rings. The van der Waals surface area contributed by atoms with E-state index < -0.39 is 17.0 Å². The number of hydrogen-bond acceptors (Lipinski definition) is 0. The fourth-order valence-electron chi connectivity index (χ4n) is 1.56. The SMILES string of the molecule is [CH2-]CCCCCCC.[CH2-]CCCCCCC.[Cl][Ti][Cl]. The summed E-state index contributed by atoms with van der Waals surface area (Å²) in [4.78, 5) is 0. The molecule has 0 aromatic carbocycles. The van der Waals surface area contributed by atoms with Gasteiger partial charge in [0.2, 0.25) is 0 Å². The van der Waals surface area contributed by atoms with E-state index in [-0.39, 0.29) is 0 Å². The second-order valence-electron chi connectivity index (χ2n) is 4.61. The number of halogens is 2. The molecule has 0 nitrogen and oxygen atoms in total. The Balaban J connectivity index is -0.000000224. The molecule has 118 valence electrons. The Bertz CT molecular complexity index is 86.9. The fraction of sp³-hybridized carbons (Fsp3) is 0.875. The van der Waals surface area contributed by atoms with Crippen LogP contribution in [0.2, 0.25) is 0 Å². The van der Waals surface area contributed by atoms with Crippen molar-refractivity contribution >= 4 is 18.6 Å². The molecule has 0 bridgehead atoms. The van der Waals surface area contributed by atoms with Crippen LogP contribution in [0.25, 0.3) is 0 Å². The minimum atomic E-state index is -0.556. The van der Waals surface area contributed by atoms with Crippen LogP contribution in [0.1, 0.15) is 90.9 Å². The Morgan fingerprint density at radius 1 is 0.632 bits per heavy atom. The number of rotatable bonds is 10. The Morgan fingerprint density at radius 3 is 1.11 bits per heavy atom. The predicted octanol–water partition coefficient (Wildman–Crippen LogP) is 7.74. The van der Waals surface area contributed by atoms with E-state index in [1.165, 1.54) is 64.2 Å². The molecule has 0 atom stereocenters. The van der Waals surface area contributed by atoms with Crippen LogP contribution in [0.4, 0.5) is 0 Å². The first-order chi connectivity index (χ1) is 9.24. The van der Waals surface area contributed by atoms with Crippen LogP contribution in [0.3, 0.4) is 0 Å². The van der Waals surface area contributed by atoms with E-state index in [2.05, 4.69) is 27.7 Å². The maximum atomic E-state index is 4.89. The van der Waals surface area contributed by atoms with Crippen LogP contribution < -0.4 is 0 Å². The fourth-order valence-corrected chi connectivity index (χ4v) is 1.56. The van der Waals surface area contributed by atoms with Crippen molar-refractivity contribution in [2.24, 2.45) is 0 Å². The van der Waals surface area contributed by atoms with Gasteiger partial charge < -0.3 is 13.8 Å². The topological polar surface area (TPSA) is 0 Å². The zero-order chi connectivity index (χ0) is 15.2. The molecule has 19 heavy (non-hydrogen) atoms. The van der Waals surface area contributed by atoms with Gasteiger partial charge in [0.05, 0.1) is 0 Å². The molecule has 0 aromatic rings. The molecule has 0 saturated carbocycles. The van der Waals surface area contributed by atoms with E-state index in [1.54, 1.807) is 0 Å². The molecule has 0 radical (unpaired) electrons. The van der Waals surface area contributed by atoms with Gasteiger partial charge in [-0.3, -0.25) is 0 Å². The first kappa shape index (κ1) is 25.3. The van der Waals surface area contributed by atoms with Gasteiger partial charge in [0.25, 0.3) is 0 Å². The Kier molecular flexibility index (Phi) is 42.0. The van der Waals surface area contributed by atoms with E-state index in [4.69, 9.17) is 18.6 Å². The molecule has 0 amide bonds. The third-order valence-electron chi connectivity index (χ3n) is 2.71. The number of hydrogen-bond donors (Lipinski definition) is 0. The summed E-state index contributed by atoms with van der Waals surface area (Å²) in [7, 11) is 9.78. The van der Waals surface area contributed by atoms with Crippen LogP contribution in [0.15, 0.2) is 0 Å². The van der Waals surface area contributed by atoms with Crippen LogP contribution in [-0.4, -0.2) is 0 Å². The molecule has 0 N–H and O–H groups in total. The quantitative estimate of drug-likeness (QED) is 0.216. The molecular formula is C16H34Cl2Ti-2. The molecule has 0 heterocycles. The molecular weight excluding hydrogens is 311 g/mol. The van der Waals surface area contributed by atoms with Crippen LogP contribution >= 0.6 is 18.6 Å². The van der Waals surface area contributed by atoms with Crippen molar-refractivity contribution in [3.05, 3.63) is 13.8 Å². The van der Waals surface area contributed by atoms with Gasteiger partial charge in [-0.2, -0.15) is 12.8 Å². The van der Waals surface area contributed by atoms with Crippen molar-refractivity contribution in [1.29, 1.82) is 0 Å². The van der Waals surface area contributed by atoms with E-state index in [0.29, 0.717) is 0 Å². The van der Waals surface area contributed by atoms with Crippen molar-refractivity contribution in [1.82, 2.24) is 0 Å². The minimum absolute atomic E-state index is 0.556. The summed E-state index contributed by atoms with van der Waals surface area (Å²) in [6.45, 7) is 12.0. The van der Waals surface area contributed by atoms with E-state index >= 15 is 0 Å². The molecule has 0 aromatic heterocycles. The summed E-state index contributed by atoms with van der Waals surface area (Å²) in [6, 6.07) is 0.